The van der Waals surface area contributed by atoms with Gasteiger partial charge in [-0.1, -0.05) is 33.6 Å². The molecule has 4 nitrogen and oxygen atoms in total. The molecule has 2 rings (SSSR count). The van der Waals surface area contributed by atoms with E-state index in [1.165, 1.54) is 0 Å². The maximum atomic E-state index is 11.8. The molecule has 110 valence electrons. The molecule has 0 spiro atoms. The summed E-state index contributed by atoms with van der Waals surface area (Å²) in [7, 11) is 0. The number of amides is 1. The summed E-state index contributed by atoms with van der Waals surface area (Å²) in [6.45, 7) is 1.71. The van der Waals surface area contributed by atoms with Crippen LogP contribution in [0.5, 0.6) is 5.75 Å². The highest BCUT2D eigenvalue weighted by molar-refractivity contribution is 9.10. The van der Waals surface area contributed by atoms with Crippen LogP contribution in [0.15, 0.2) is 46.9 Å². The van der Waals surface area contributed by atoms with Gasteiger partial charge in [0, 0.05) is 15.7 Å². The number of benzene rings is 2. The van der Waals surface area contributed by atoms with Gasteiger partial charge in [-0.25, -0.2) is 0 Å². The lowest BCUT2D eigenvalue weighted by Crippen LogP contribution is -2.20. The molecule has 2 N–H and O–H groups in total. The Kier molecular flexibility index (Phi) is 5.36. The van der Waals surface area contributed by atoms with Crippen LogP contribution in [0.1, 0.15) is 11.1 Å². The van der Waals surface area contributed by atoms with Crippen molar-refractivity contribution < 1.29 is 14.6 Å². The molecule has 1 amide bonds. The Bertz CT molecular complexity index is 626. The minimum absolute atomic E-state index is 0.105. The van der Waals surface area contributed by atoms with E-state index in [4.69, 9.17) is 4.74 Å². The van der Waals surface area contributed by atoms with Crippen molar-refractivity contribution in [3.05, 3.63) is 58.1 Å². The molecular weight excluding hydrogens is 334 g/mol. The largest absolute Gasteiger partial charge is 0.483 e. The number of rotatable bonds is 5. The van der Waals surface area contributed by atoms with Crippen molar-refractivity contribution in [2.75, 3.05) is 11.9 Å². The molecule has 0 aliphatic rings. The smallest absolute Gasteiger partial charge is 0.262 e. The summed E-state index contributed by atoms with van der Waals surface area (Å²) < 4.78 is 6.41. The molecule has 0 unspecified atom stereocenters. The van der Waals surface area contributed by atoms with E-state index >= 15 is 0 Å². The lowest BCUT2D eigenvalue weighted by atomic mass is 10.1. The number of carbonyl (C=O) groups is 1. The van der Waals surface area contributed by atoms with Gasteiger partial charge < -0.3 is 15.2 Å². The molecule has 2 aromatic rings. The third-order valence-electron chi connectivity index (χ3n) is 2.87. The van der Waals surface area contributed by atoms with Gasteiger partial charge in [-0.3, -0.25) is 4.79 Å². The third-order valence-corrected chi connectivity index (χ3v) is 3.40. The highest BCUT2D eigenvalue weighted by Crippen LogP contribution is 2.20. The van der Waals surface area contributed by atoms with Gasteiger partial charge in [0.2, 0.25) is 0 Å². The maximum Gasteiger partial charge on any atom is 0.262 e. The van der Waals surface area contributed by atoms with Gasteiger partial charge in [0.1, 0.15) is 5.75 Å². The monoisotopic (exact) mass is 349 g/mol. The van der Waals surface area contributed by atoms with Crippen LogP contribution in [-0.4, -0.2) is 17.6 Å². The van der Waals surface area contributed by atoms with E-state index in [-0.39, 0.29) is 19.1 Å². The van der Waals surface area contributed by atoms with Crippen LogP contribution in [0.25, 0.3) is 0 Å². The Balaban J connectivity index is 1.93. The lowest BCUT2D eigenvalue weighted by molar-refractivity contribution is -0.118. The van der Waals surface area contributed by atoms with E-state index < -0.39 is 0 Å². The Labute approximate surface area is 131 Å². The number of anilines is 1. The van der Waals surface area contributed by atoms with E-state index in [2.05, 4.69) is 21.2 Å². The van der Waals surface area contributed by atoms with Crippen molar-refractivity contribution in [1.29, 1.82) is 0 Å². The van der Waals surface area contributed by atoms with E-state index in [9.17, 15) is 9.90 Å². The first-order valence-corrected chi connectivity index (χ1v) is 7.26. The fraction of sp³-hybridized carbons (Fsp3) is 0.188. The minimum Gasteiger partial charge on any atom is -0.483 e. The number of ether oxygens (including phenoxy) is 1. The van der Waals surface area contributed by atoms with Crippen LogP contribution >= 0.6 is 15.9 Å². The minimum atomic E-state index is -0.248. The molecule has 0 aliphatic heterocycles. The van der Waals surface area contributed by atoms with Crippen molar-refractivity contribution in [2.45, 2.75) is 13.5 Å². The molecule has 0 radical (unpaired) electrons. The van der Waals surface area contributed by atoms with Crippen LogP contribution in [0.4, 0.5) is 5.69 Å². The fourth-order valence-corrected chi connectivity index (χ4v) is 2.11. The van der Waals surface area contributed by atoms with Crippen LogP contribution < -0.4 is 10.1 Å². The number of nitrogens with one attached hydrogen (secondary N) is 1. The summed E-state index contributed by atoms with van der Waals surface area (Å²) in [6, 6.07) is 12.8. The molecule has 0 aliphatic carbocycles. The summed E-state index contributed by atoms with van der Waals surface area (Å²) in [5, 5.41) is 12.0. The first kappa shape index (κ1) is 15.5. The second-order valence-electron chi connectivity index (χ2n) is 4.61. The normalized spacial score (nSPS) is 10.2. The standard InChI is InChI=1S/C16H16BrNO3/c1-11-2-7-15(12(8-11)9-19)21-10-16(20)18-14-5-3-13(17)4-6-14/h2-8,19H,9-10H2,1H3,(H,18,20). The Morgan fingerprint density at radius 2 is 1.95 bits per heavy atom. The van der Waals surface area contributed by atoms with Crippen molar-refractivity contribution in [2.24, 2.45) is 0 Å². The van der Waals surface area contributed by atoms with Gasteiger partial charge in [0.05, 0.1) is 6.61 Å². The predicted octanol–water partition coefficient (Wildman–Crippen LogP) is 3.27. The highest BCUT2D eigenvalue weighted by atomic mass is 79.9. The zero-order valence-corrected chi connectivity index (χ0v) is 13.2. The Morgan fingerprint density at radius 3 is 2.62 bits per heavy atom. The number of halogens is 1. The van der Waals surface area contributed by atoms with Gasteiger partial charge in [-0.15, -0.1) is 0 Å². The molecule has 0 heterocycles. The summed E-state index contributed by atoms with van der Waals surface area (Å²) >= 11 is 3.33. The lowest BCUT2D eigenvalue weighted by Gasteiger charge is -2.11. The van der Waals surface area contributed by atoms with Crippen molar-refractivity contribution >= 4 is 27.5 Å². The molecule has 5 heteroatoms. The zero-order chi connectivity index (χ0) is 15.2. The van der Waals surface area contributed by atoms with Gasteiger partial charge in [0.15, 0.2) is 6.61 Å². The average Bonchev–Trinajstić information content (AvgIpc) is 2.48. The first-order valence-electron chi connectivity index (χ1n) is 6.47. The number of hydrogen-bond donors (Lipinski definition) is 2. The number of aryl methyl sites for hydroxylation is 1. The SMILES string of the molecule is Cc1ccc(OCC(=O)Nc2ccc(Br)cc2)c(CO)c1. The number of hydrogen-bond acceptors (Lipinski definition) is 3. The summed E-state index contributed by atoms with van der Waals surface area (Å²) in [5.41, 5.74) is 2.41. The van der Waals surface area contributed by atoms with E-state index in [1.807, 2.05) is 31.2 Å². The summed E-state index contributed by atoms with van der Waals surface area (Å²) in [5.74, 6) is 0.274. The third kappa shape index (κ3) is 4.58. The first-order chi connectivity index (χ1) is 10.1. The highest BCUT2D eigenvalue weighted by Gasteiger charge is 2.07. The fourth-order valence-electron chi connectivity index (χ4n) is 1.85. The molecule has 21 heavy (non-hydrogen) atoms. The topological polar surface area (TPSA) is 58.6 Å². The quantitative estimate of drug-likeness (QED) is 0.870. The number of aliphatic hydroxyl groups is 1. The summed E-state index contributed by atoms with van der Waals surface area (Å²) in [4.78, 5) is 11.8. The second-order valence-corrected chi connectivity index (χ2v) is 5.53. The van der Waals surface area contributed by atoms with Gasteiger partial charge in [0.25, 0.3) is 5.91 Å². The molecular formula is C16H16BrNO3. The molecule has 0 fully saturated rings. The molecule has 0 atom stereocenters. The Morgan fingerprint density at radius 1 is 1.24 bits per heavy atom. The van der Waals surface area contributed by atoms with E-state index in [1.54, 1.807) is 18.2 Å². The molecule has 0 bridgehead atoms. The zero-order valence-electron chi connectivity index (χ0n) is 11.6. The van der Waals surface area contributed by atoms with Crippen molar-refractivity contribution in [1.82, 2.24) is 0 Å². The van der Waals surface area contributed by atoms with Gasteiger partial charge in [-0.2, -0.15) is 0 Å². The van der Waals surface area contributed by atoms with Gasteiger partial charge >= 0.3 is 0 Å². The predicted molar refractivity (Wildman–Crippen MR) is 85.4 cm³/mol. The van der Waals surface area contributed by atoms with Crippen LogP contribution in [0.3, 0.4) is 0 Å². The molecule has 0 saturated carbocycles. The average molecular weight is 350 g/mol. The van der Waals surface area contributed by atoms with Crippen molar-refractivity contribution in [3.8, 4) is 5.75 Å². The summed E-state index contributed by atoms with van der Waals surface area (Å²) in [6.07, 6.45) is 0. The van der Waals surface area contributed by atoms with Crippen LogP contribution in [0.2, 0.25) is 0 Å². The van der Waals surface area contributed by atoms with E-state index in [0.29, 0.717) is 17.0 Å². The van der Waals surface area contributed by atoms with Crippen LogP contribution in [-0.2, 0) is 11.4 Å². The van der Waals surface area contributed by atoms with Gasteiger partial charge in [-0.05, 0) is 37.3 Å². The van der Waals surface area contributed by atoms with Crippen LogP contribution in [0, 0.1) is 6.92 Å². The second kappa shape index (κ2) is 7.24. The molecule has 2 aromatic carbocycles. The number of carbonyl (C=O) groups excluding carboxylic acids is 1. The molecule has 0 saturated heterocycles. The van der Waals surface area contributed by atoms with Crippen molar-refractivity contribution in [3.63, 3.8) is 0 Å². The number of aliphatic hydroxyl groups excluding tert-OH is 1. The maximum absolute atomic E-state index is 11.8. The molecule has 0 aromatic heterocycles. The Hall–Kier alpha value is -1.85. The van der Waals surface area contributed by atoms with E-state index in [0.717, 1.165) is 10.0 Å².